The first-order valence-electron chi connectivity index (χ1n) is 6.41. The average molecular weight is 280 g/mol. The summed E-state index contributed by atoms with van der Waals surface area (Å²) in [5, 5.41) is 18.3. The first kappa shape index (κ1) is 11.6. The van der Waals surface area contributed by atoms with E-state index >= 15 is 0 Å². The summed E-state index contributed by atoms with van der Waals surface area (Å²) in [6, 6.07) is 14.0. The van der Waals surface area contributed by atoms with Gasteiger partial charge in [-0.3, -0.25) is 0 Å². The fourth-order valence-corrected chi connectivity index (χ4v) is 3.50. The van der Waals surface area contributed by atoms with Crippen LogP contribution < -0.4 is 0 Å². The molecule has 1 N–H and O–H groups in total. The molecule has 4 rings (SSSR count). The minimum Gasteiger partial charge on any atom is -0.383 e. The Labute approximate surface area is 119 Å². The van der Waals surface area contributed by atoms with E-state index in [2.05, 4.69) is 22.6 Å². The molecule has 0 aliphatic heterocycles. The van der Waals surface area contributed by atoms with Gasteiger partial charge >= 0.3 is 0 Å². The number of nitrogens with zero attached hydrogens (tertiary/aromatic N) is 2. The van der Waals surface area contributed by atoms with Crippen molar-refractivity contribution in [2.75, 3.05) is 0 Å². The first-order chi connectivity index (χ1) is 9.84. The fraction of sp³-hybridized carbons (Fsp3) is 0.0625. The number of pyridine rings is 1. The average Bonchev–Trinajstić information content (AvgIpc) is 3.12. The third-order valence-electron chi connectivity index (χ3n) is 3.55. The van der Waals surface area contributed by atoms with Crippen molar-refractivity contribution in [2.24, 2.45) is 0 Å². The number of benzene rings is 1. The van der Waals surface area contributed by atoms with Gasteiger partial charge < -0.3 is 5.11 Å². The van der Waals surface area contributed by atoms with Crippen LogP contribution in [0.5, 0.6) is 0 Å². The Morgan fingerprint density at radius 1 is 1.05 bits per heavy atom. The van der Waals surface area contributed by atoms with Crippen LogP contribution in [0, 0.1) is 0 Å². The SMILES string of the molecule is OC(c1cccc2ccsc12)c1cnn2ccccc12. The van der Waals surface area contributed by atoms with Crippen LogP contribution in [-0.2, 0) is 0 Å². The quantitative estimate of drug-likeness (QED) is 0.609. The lowest BCUT2D eigenvalue weighted by Crippen LogP contribution is -1.99. The summed E-state index contributed by atoms with van der Waals surface area (Å²) in [7, 11) is 0. The van der Waals surface area contributed by atoms with Crippen LogP contribution in [0.4, 0.5) is 0 Å². The van der Waals surface area contributed by atoms with E-state index in [0.717, 1.165) is 21.3 Å². The Hall–Kier alpha value is -2.17. The molecule has 3 heterocycles. The van der Waals surface area contributed by atoms with Crippen molar-refractivity contribution in [3.8, 4) is 0 Å². The van der Waals surface area contributed by atoms with Gasteiger partial charge in [0.05, 0.1) is 11.7 Å². The van der Waals surface area contributed by atoms with Gasteiger partial charge in [0.25, 0.3) is 0 Å². The van der Waals surface area contributed by atoms with Crippen molar-refractivity contribution in [1.29, 1.82) is 0 Å². The van der Waals surface area contributed by atoms with E-state index in [1.165, 1.54) is 5.39 Å². The van der Waals surface area contributed by atoms with E-state index in [1.54, 1.807) is 22.0 Å². The lowest BCUT2D eigenvalue weighted by atomic mass is 10.0. The Bertz CT molecular complexity index is 893. The van der Waals surface area contributed by atoms with Crippen molar-refractivity contribution in [2.45, 2.75) is 6.10 Å². The number of hydrogen-bond acceptors (Lipinski definition) is 3. The zero-order valence-electron chi connectivity index (χ0n) is 10.6. The molecule has 1 aromatic carbocycles. The monoisotopic (exact) mass is 280 g/mol. The van der Waals surface area contributed by atoms with E-state index in [-0.39, 0.29) is 0 Å². The third kappa shape index (κ3) is 1.66. The summed E-state index contributed by atoms with van der Waals surface area (Å²) in [6.45, 7) is 0. The molecule has 0 aliphatic carbocycles. The van der Waals surface area contributed by atoms with E-state index in [0.29, 0.717) is 0 Å². The largest absolute Gasteiger partial charge is 0.383 e. The zero-order valence-corrected chi connectivity index (χ0v) is 11.4. The van der Waals surface area contributed by atoms with Crippen LogP contribution in [-0.4, -0.2) is 14.7 Å². The normalized spacial score (nSPS) is 13.1. The van der Waals surface area contributed by atoms with Gasteiger partial charge in [0.2, 0.25) is 0 Å². The summed E-state index contributed by atoms with van der Waals surface area (Å²) in [5.74, 6) is 0. The predicted octanol–water partition coefficient (Wildman–Crippen LogP) is 3.63. The van der Waals surface area contributed by atoms with Crippen LogP contribution in [0.15, 0.2) is 60.2 Å². The van der Waals surface area contributed by atoms with Gasteiger partial charge in [-0.2, -0.15) is 5.10 Å². The van der Waals surface area contributed by atoms with Crippen LogP contribution in [0.1, 0.15) is 17.2 Å². The lowest BCUT2D eigenvalue weighted by Gasteiger charge is -2.11. The third-order valence-corrected chi connectivity index (χ3v) is 4.53. The molecule has 0 amide bonds. The number of hydrogen-bond donors (Lipinski definition) is 1. The maximum Gasteiger partial charge on any atom is 0.109 e. The van der Waals surface area contributed by atoms with Crippen LogP contribution in [0.25, 0.3) is 15.6 Å². The predicted molar refractivity (Wildman–Crippen MR) is 81.1 cm³/mol. The van der Waals surface area contributed by atoms with E-state index in [1.807, 2.05) is 36.5 Å². The highest BCUT2D eigenvalue weighted by Gasteiger charge is 2.18. The molecule has 3 nitrogen and oxygen atoms in total. The molecule has 4 aromatic rings. The second kappa shape index (κ2) is 4.44. The molecule has 0 fully saturated rings. The van der Waals surface area contributed by atoms with Gasteiger partial charge in [-0.25, -0.2) is 4.52 Å². The van der Waals surface area contributed by atoms with Crippen LogP contribution in [0.2, 0.25) is 0 Å². The molecule has 1 unspecified atom stereocenters. The Morgan fingerprint density at radius 3 is 2.95 bits per heavy atom. The van der Waals surface area contributed by atoms with E-state index in [4.69, 9.17) is 0 Å². The summed E-state index contributed by atoms with van der Waals surface area (Å²) >= 11 is 1.66. The standard InChI is InChI=1S/C16H12N2OS/c19-15(12-5-3-4-11-7-9-20-16(11)12)13-10-17-18-8-2-1-6-14(13)18/h1-10,15,19H. The number of rotatable bonds is 2. The molecule has 0 saturated carbocycles. The molecule has 0 bridgehead atoms. The highest BCUT2D eigenvalue weighted by atomic mass is 32.1. The number of aliphatic hydroxyl groups excluding tert-OH is 1. The molecule has 0 spiro atoms. The summed E-state index contributed by atoms with van der Waals surface area (Å²) in [5.41, 5.74) is 2.72. The number of aromatic nitrogens is 2. The van der Waals surface area contributed by atoms with Crippen LogP contribution >= 0.6 is 11.3 Å². The maximum absolute atomic E-state index is 10.7. The van der Waals surface area contributed by atoms with Crippen molar-refractivity contribution in [3.05, 3.63) is 71.4 Å². The van der Waals surface area contributed by atoms with E-state index < -0.39 is 6.10 Å². The number of aliphatic hydroxyl groups is 1. The molecule has 3 aromatic heterocycles. The van der Waals surface area contributed by atoms with Crippen molar-refractivity contribution >= 4 is 26.9 Å². The maximum atomic E-state index is 10.7. The topological polar surface area (TPSA) is 37.5 Å². The summed E-state index contributed by atoms with van der Waals surface area (Å²) < 4.78 is 2.92. The first-order valence-corrected chi connectivity index (χ1v) is 7.29. The number of fused-ring (bicyclic) bond motifs is 2. The van der Waals surface area contributed by atoms with Gasteiger partial charge in [-0.1, -0.05) is 24.3 Å². The highest BCUT2D eigenvalue weighted by Crippen LogP contribution is 2.33. The van der Waals surface area contributed by atoms with Gasteiger partial charge in [0.1, 0.15) is 6.10 Å². The van der Waals surface area contributed by atoms with Gasteiger partial charge in [-0.15, -0.1) is 11.3 Å². The van der Waals surface area contributed by atoms with Gasteiger partial charge in [-0.05, 0) is 29.0 Å². The van der Waals surface area contributed by atoms with E-state index in [9.17, 15) is 5.11 Å². The highest BCUT2D eigenvalue weighted by molar-refractivity contribution is 7.17. The smallest absolute Gasteiger partial charge is 0.109 e. The molecule has 0 aliphatic rings. The zero-order chi connectivity index (χ0) is 13.5. The minimum absolute atomic E-state index is 0.655. The fourth-order valence-electron chi connectivity index (χ4n) is 2.56. The lowest BCUT2D eigenvalue weighted by molar-refractivity contribution is 0.223. The van der Waals surface area contributed by atoms with Crippen molar-refractivity contribution < 1.29 is 5.11 Å². The molecule has 4 heteroatoms. The second-order valence-electron chi connectivity index (χ2n) is 4.72. The van der Waals surface area contributed by atoms with Gasteiger partial charge in [0, 0.05) is 22.0 Å². The molecular formula is C16H12N2OS. The molecule has 0 radical (unpaired) electrons. The Morgan fingerprint density at radius 2 is 2.00 bits per heavy atom. The number of thiophene rings is 1. The van der Waals surface area contributed by atoms with Crippen molar-refractivity contribution in [1.82, 2.24) is 9.61 Å². The molecule has 20 heavy (non-hydrogen) atoms. The molecular weight excluding hydrogens is 268 g/mol. The molecule has 0 saturated heterocycles. The Balaban J connectivity index is 1.92. The van der Waals surface area contributed by atoms with Crippen LogP contribution in [0.3, 0.4) is 0 Å². The molecule has 1 atom stereocenters. The van der Waals surface area contributed by atoms with Gasteiger partial charge in [0.15, 0.2) is 0 Å². The van der Waals surface area contributed by atoms with Crippen molar-refractivity contribution in [3.63, 3.8) is 0 Å². The summed E-state index contributed by atoms with van der Waals surface area (Å²) in [4.78, 5) is 0. The Kier molecular flexibility index (Phi) is 2.58. The minimum atomic E-state index is -0.655. The molecule has 98 valence electrons. The summed E-state index contributed by atoms with van der Waals surface area (Å²) in [6.07, 6.45) is 2.97. The second-order valence-corrected chi connectivity index (χ2v) is 5.64.